The van der Waals surface area contributed by atoms with Gasteiger partial charge in [-0.25, -0.2) is 0 Å². The maximum atomic E-state index is 6.04. The number of benzene rings is 1. The van der Waals surface area contributed by atoms with Crippen LogP contribution < -0.4 is 10.1 Å². The Morgan fingerprint density at radius 2 is 2.00 bits per heavy atom. The van der Waals surface area contributed by atoms with Crippen molar-refractivity contribution in [2.45, 2.75) is 50.4 Å². The summed E-state index contributed by atoms with van der Waals surface area (Å²) in [6.07, 6.45) is 6.43. The summed E-state index contributed by atoms with van der Waals surface area (Å²) in [6, 6.07) is 8.98. The Hall–Kier alpha value is -1.06. The Morgan fingerprint density at radius 3 is 2.74 bits per heavy atom. The number of ether oxygens (including phenoxy) is 2. The Balaban J connectivity index is 1.43. The van der Waals surface area contributed by atoms with E-state index in [4.69, 9.17) is 9.47 Å². The van der Waals surface area contributed by atoms with Crippen molar-refractivity contribution in [2.24, 2.45) is 0 Å². The molecule has 3 nitrogen and oxygen atoms in total. The highest BCUT2D eigenvalue weighted by molar-refractivity contribution is 5.37. The van der Waals surface area contributed by atoms with Gasteiger partial charge >= 0.3 is 0 Å². The predicted molar refractivity (Wildman–Crippen MR) is 75.6 cm³/mol. The first kappa shape index (κ1) is 12.9. The standard InChI is InChI=1S/C16H23NO2/c1-17-13-6-8-14(9-7-13)18-11-15-10-12-4-2-3-5-16(12)19-15/h2-5,13-15,17H,6-11H2,1H3. The number of hydrogen-bond donors (Lipinski definition) is 1. The van der Waals surface area contributed by atoms with Gasteiger partial charge in [0.15, 0.2) is 0 Å². The Morgan fingerprint density at radius 1 is 1.21 bits per heavy atom. The van der Waals surface area contributed by atoms with Crippen LogP contribution in [-0.2, 0) is 11.2 Å². The van der Waals surface area contributed by atoms with Gasteiger partial charge in [-0.15, -0.1) is 0 Å². The van der Waals surface area contributed by atoms with E-state index < -0.39 is 0 Å². The average molecular weight is 261 g/mol. The van der Waals surface area contributed by atoms with Crippen LogP contribution >= 0.6 is 0 Å². The maximum Gasteiger partial charge on any atom is 0.126 e. The van der Waals surface area contributed by atoms with Crippen molar-refractivity contribution >= 4 is 0 Å². The van der Waals surface area contributed by atoms with Gasteiger partial charge in [0, 0.05) is 12.5 Å². The molecule has 0 bridgehead atoms. The fourth-order valence-electron chi connectivity index (χ4n) is 3.11. The molecule has 1 aliphatic carbocycles. The first-order valence-electron chi connectivity index (χ1n) is 7.38. The Kier molecular flexibility index (Phi) is 4.04. The molecule has 1 heterocycles. The number of para-hydroxylation sites is 1. The summed E-state index contributed by atoms with van der Waals surface area (Å²) in [4.78, 5) is 0. The minimum Gasteiger partial charge on any atom is -0.487 e. The van der Waals surface area contributed by atoms with Gasteiger partial charge in [-0.05, 0) is 44.4 Å². The number of hydrogen-bond acceptors (Lipinski definition) is 3. The second-order valence-corrected chi connectivity index (χ2v) is 5.65. The molecule has 1 atom stereocenters. The van der Waals surface area contributed by atoms with Crippen molar-refractivity contribution in [2.75, 3.05) is 13.7 Å². The van der Waals surface area contributed by atoms with Crippen LogP contribution in [0.4, 0.5) is 0 Å². The van der Waals surface area contributed by atoms with Crippen LogP contribution in [0.25, 0.3) is 0 Å². The molecule has 0 amide bonds. The first-order chi connectivity index (χ1) is 9.35. The fourth-order valence-corrected chi connectivity index (χ4v) is 3.11. The lowest BCUT2D eigenvalue weighted by molar-refractivity contribution is -0.0135. The monoisotopic (exact) mass is 261 g/mol. The van der Waals surface area contributed by atoms with Crippen LogP contribution in [0.2, 0.25) is 0 Å². The fraction of sp³-hybridized carbons (Fsp3) is 0.625. The molecule has 2 aliphatic rings. The van der Waals surface area contributed by atoms with Crippen molar-refractivity contribution in [3.05, 3.63) is 29.8 Å². The zero-order valence-electron chi connectivity index (χ0n) is 11.6. The molecule has 0 radical (unpaired) electrons. The minimum absolute atomic E-state index is 0.208. The van der Waals surface area contributed by atoms with E-state index in [1.807, 2.05) is 12.1 Å². The van der Waals surface area contributed by atoms with Gasteiger partial charge in [0.05, 0.1) is 12.7 Å². The highest BCUT2D eigenvalue weighted by atomic mass is 16.5. The SMILES string of the molecule is CNC1CCC(OCC2Cc3ccccc3O2)CC1. The van der Waals surface area contributed by atoms with Crippen molar-refractivity contribution in [1.82, 2.24) is 5.32 Å². The lowest BCUT2D eigenvalue weighted by Gasteiger charge is -2.28. The summed E-state index contributed by atoms with van der Waals surface area (Å²) in [6.45, 7) is 0.726. The second-order valence-electron chi connectivity index (χ2n) is 5.65. The van der Waals surface area contributed by atoms with E-state index in [0.717, 1.165) is 18.8 Å². The van der Waals surface area contributed by atoms with E-state index in [1.54, 1.807) is 0 Å². The molecule has 19 heavy (non-hydrogen) atoms. The molecule has 0 saturated heterocycles. The van der Waals surface area contributed by atoms with E-state index in [1.165, 1.54) is 31.2 Å². The third kappa shape index (κ3) is 3.10. The normalized spacial score (nSPS) is 29.8. The summed E-state index contributed by atoms with van der Waals surface area (Å²) in [5, 5.41) is 3.35. The molecule has 1 fully saturated rings. The molecule has 1 aromatic carbocycles. The topological polar surface area (TPSA) is 30.5 Å². The third-order valence-electron chi connectivity index (χ3n) is 4.31. The van der Waals surface area contributed by atoms with Gasteiger partial charge in [-0.2, -0.15) is 0 Å². The summed E-state index contributed by atoms with van der Waals surface area (Å²) in [5.74, 6) is 1.04. The van der Waals surface area contributed by atoms with Gasteiger partial charge in [-0.3, -0.25) is 0 Å². The zero-order chi connectivity index (χ0) is 13.1. The first-order valence-corrected chi connectivity index (χ1v) is 7.38. The van der Waals surface area contributed by atoms with E-state index in [-0.39, 0.29) is 6.10 Å². The number of rotatable bonds is 4. The van der Waals surface area contributed by atoms with Crippen molar-refractivity contribution in [3.63, 3.8) is 0 Å². The molecule has 104 valence electrons. The van der Waals surface area contributed by atoms with Crippen LogP contribution in [0.1, 0.15) is 31.2 Å². The molecule has 0 aromatic heterocycles. The van der Waals surface area contributed by atoms with Crippen molar-refractivity contribution < 1.29 is 9.47 Å². The van der Waals surface area contributed by atoms with Gasteiger partial charge in [0.1, 0.15) is 11.9 Å². The molecular weight excluding hydrogens is 238 g/mol. The van der Waals surface area contributed by atoms with E-state index in [2.05, 4.69) is 24.5 Å². The molecular formula is C16H23NO2. The highest BCUT2D eigenvalue weighted by Crippen LogP contribution is 2.29. The largest absolute Gasteiger partial charge is 0.487 e. The van der Waals surface area contributed by atoms with Crippen molar-refractivity contribution in [1.29, 1.82) is 0 Å². The lowest BCUT2D eigenvalue weighted by atomic mass is 9.93. The average Bonchev–Trinajstić information content (AvgIpc) is 2.88. The molecule has 1 N–H and O–H groups in total. The second kappa shape index (κ2) is 5.93. The van der Waals surface area contributed by atoms with Crippen LogP contribution in [0.5, 0.6) is 5.75 Å². The lowest BCUT2D eigenvalue weighted by Crippen LogP contribution is -2.34. The van der Waals surface area contributed by atoms with Crippen molar-refractivity contribution in [3.8, 4) is 5.75 Å². The number of fused-ring (bicyclic) bond motifs is 1. The van der Waals surface area contributed by atoms with E-state index in [9.17, 15) is 0 Å². The molecule has 3 heteroatoms. The smallest absolute Gasteiger partial charge is 0.126 e. The van der Waals surface area contributed by atoms with E-state index in [0.29, 0.717) is 12.1 Å². The summed E-state index contributed by atoms with van der Waals surface area (Å²) >= 11 is 0. The summed E-state index contributed by atoms with van der Waals surface area (Å²) in [5.41, 5.74) is 1.31. The van der Waals surface area contributed by atoms with Gasteiger partial charge < -0.3 is 14.8 Å². The third-order valence-corrected chi connectivity index (χ3v) is 4.31. The van der Waals surface area contributed by atoms with Crippen LogP contribution in [0.3, 0.4) is 0 Å². The predicted octanol–water partition coefficient (Wildman–Crippen LogP) is 2.54. The van der Waals surface area contributed by atoms with Gasteiger partial charge in [0.25, 0.3) is 0 Å². The van der Waals surface area contributed by atoms with E-state index >= 15 is 0 Å². The molecule has 3 rings (SSSR count). The number of nitrogens with one attached hydrogen (secondary N) is 1. The van der Waals surface area contributed by atoms with Crippen LogP contribution in [0, 0.1) is 0 Å². The molecule has 1 unspecified atom stereocenters. The highest BCUT2D eigenvalue weighted by Gasteiger charge is 2.25. The quantitative estimate of drug-likeness (QED) is 0.903. The summed E-state index contributed by atoms with van der Waals surface area (Å²) in [7, 11) is 2.05. The summed E-state index contributed by atoms with van der Waals surface area (Å²) < 4.78 is 11.9. The van der Waals surface area contributed by atoms with Gasteiger partial charge in [0.2, 0.25) is 0 Å². The van der Waals surface area contributed by atoms with Crippen LogP contribution in [-0.4, -0.2) is 31.9 Å². The zero-order valence-corrected chi connectivity index (χ0v) is 11.6. The van der Waals surface area contributed by atoms with Crippen LogP contribution in [0.15, 0.2) is 24.3 Å². The minimum atomic E-state index is 0.208. The van der Waals surface area contributed by atoms with Gasteiger partial charge in [-0.1, -0.05) is 18.2 Å². The maximum absolute atomic E-state index is 6.04. The molecule has 1 aliphatic heterocycles. The molecule has 0 spiro atoms. The Labute approximate surface area is 115 Å². The molecule has 1 aromatic rings. The Bertz CT molecular complexity index is 388. The molecule has 1 saturated carbocycles.